The zero-order chi connectivity index (χ0) is 16.5. The van der Waals surface area contributed by atoms with Crippen LogP contribution >= 0.6 is 15.9 Å². The van der Waals surface area contributed by atoms with E-state index >= 15 is 0 Å². The molecule has 5 nitrogen and oxygen atoms in total. The van der Waals surface area contributed by atoms with E-state index in [0.717, 1.165) is 52.7 Å². The van der Waals surface area contributed by atoms with E-state index < -0.39 is 0 Å². The molecular weight excluding hydrogens is 366 g/mol. The van der Waals surface area contributed by atoms with Crippen LogP contribution in [0.25, 0.3) is 10.9 Å². The lowest BCUT2D eigenvalue weighted by atomic mass is 10.1. The molecule has 3 heterocycles. The highest BCUT2D eigenvalue weighted by Gasteiger charge is 2.19. The van der Waals surface area contributed by atoms with Gasteiger partial charge in [-0.15, -0.1) is 0 Å². The monoisotopic (exact) mass is 385 g/mol. The van der Waals surface area contributed by atoms with Crippen LogP contribution in [0.3, 0.4) is 0 Å². The summed E-state index contributed by atoms with van der Waals surface area (Å²) in [4.78, 5) is 6.80. The molecule has 0 saturated carbocycles. The number of benzene rings is 1. The van der Waals surface area contributed by atoms with Gasteiger partial charge in [0.25, 0.3) is 0 Å². The molecule has 1 N–H and O–H groups in total. The number of aromatic nitrogens is 3. The third kappa shape index (κ3) is 3.16. The first-order valence-electron chi connectivity index (χ1n) is 8.23. The van der Waals surface area contributed by atoms with E-state index in [-0.39, 0.29) is 0 Å². The first-order valence-corrected chi connectivity index (χ1v) is 9.02. The van der Waals surface area contributed by atoms with Crippen molar-refractivity contribution in [1.82, 2.24) is 19.7 Å². The average Bonchev–Trinajstić information content (AvgIpc) is 3.05. The van der Waals surface area contributed by atoms with Crippen molar-refractivity contribution in [2.45, 2.75) is 18.9 Å². The second-order valence-electron chi connectivity index (χ2n) is 6.39. The number of hydrogen-bond acceptors (Lipinski definition) is 4. The van der Waals surface area contributed by atoms with Crippen molar-refractivity contribution in [2.75, 3.05) is 25.5 Å². The Bertz CT molecular complexity index is 851. The molecule has 2 aromatic heterocycles. The van der Waals surface area contributed by atoms with Gasteiger partial charge >= 0.3 is 0 Å². The Morgan fingerprint density at radius 1 is 1.21 bits per heavy atom. The first kappa shape index (κ1) is 15.6. The predicted octanol–water partition coefficient (Wildman–Crippen LogP) is 4.20. The van der Waals surface area contributed by atoms with Crippen LogP contribution in [-0.4, -0.2) is 39.8 Å². The summed E-state index contributed by atoms with van der Waals surface area (Å²) < 4.78 is 3.15. The van der Waals surface area contributed by atoms with Crippen LogP contribution in [0.1, 0.15) is 18.9 Å². The van der Waals surface area contributed by atoms with E-state index in [2.05, 4.69) is 60.2 Å². The third-order valence-electron chi connectivity index (χ3n) is 4.65. The molecule has 0 spiro atoms. The Morgan fingerprint density at radius 2 is 2.04 bits per heavy atom. The molecule has 0 aliphatic carbocycles. The van der Waals surface area contributed by atoms with Crippen LogP contribution < -0.4 is 5.32 Å². The Morgan fingerprint density at radius 3 is 2.88 bits per heavy atom. The Labute approximate surface area is 149 Å². The number of rotatable bonds is 3. The van der Waals surface area contributed by atoms with Gasteiger partial charge in [-0.3, -0.25) is 9.67 Å². The molecule has 6 heteroatoms. The van der Waals surface area contributed by atoms with E-state index in [4.69, 9.17) is 0 Å². The summed E-state index contributed by atoms with van der Waals surface area (Å²) >= 11 is 3.54. The minimum atomic E-state index is 0.500. The van der Waals surface area contributed by atoms with Crippen LogP contribution in [-0.2, 0) is 0 Å². The molecule has 1 aromatic carbocycles. The fraction of sp³-hybridized carbons (Fsp3) is 0.333. The van der Waals surface area contributed by atoms with Crippen molar-refractivity contribution in [3.8, 4) is 0 Å². The van der Waals surface area contributed by atoms with E-state index in [1.54, 1.807) is 0 Å². The van der Waals surface area contributed by atoms with E-state index in [0.29, 0.717) is 6.04 Å². The lowest BCUT2D eigenvalue weighted by Gasteiger charge is -2.28. The molecule has 0 atom stereocenters. The van der Waals surface area contributed by atoms with E-state index in [1.807, 2.05) is 30.6 Å². The molecule has 3 aromatic rings. The highest BCUT2D eigenvalue weighted by molar-refractivity contribution is 9.10. The number of likely N-dealkylation sites (tertiary alicyclic amines) is 1. The van der Waals surface area contributed by atoms with E-state index in [1.165, 1.54) is 0 Å². The number of nitrogens with one attached hydrogen (secondary N) is 1. The number of hydrogen-bond donors (Lipinski definition) is 1. The van der Waals surface area contributed by atoms with Crippen molar-refractivity contribution in [2.24, 2.45) is 0 Å². The molecule has 124 valence electrons. The summed E-state index contributed by atoms with van der Waals surface area (Å²) in [6, 6.07) is 8.62. The van der Waals surface area contributed by atoms with Crippen LogP contribution in [0.15, 0.2) is 47.3 Å². The molecule has 1 aliphatic heterocycles. The van der Waals surface area contributed by atoms with Crippen molar-refractivity contribution in [3.05, 3.63) is 47.3 Å². The molecule has 1 saturated heterocycles. The minimum absolute atomic E-state index is 0.500. The summed E-state index contributed by atoms with van der Waals surface area (Å²) in [6.07, 6.45) is 8.16. The first-order chi connectivity index (χ1) is 11.7. The van der Waals surface area contributed by atoms with Crippen molar-refractivity contribution < 1.29 is 0 Å². The maximum Gasteiger partial charge on any atom is 0.0770 e. The van der Waals surface area contributed by atoms with Gasteiger partial charge in [-0.05, 0) is 57.2 Å². The maximum atomic E-state index is 4.57. The highest BCUT2D eigenvalue weighted by Crippen LogP contribution is 2.28. The van der Waals surface area contributed by atoms with E-state index in [9.17, 15) is 0 Å². The largest absolute Gasteiger partial charge is 0.352 e. The van der Waals surface area contributed by atoms with Crippen molar-refractivity contribution >= 4 is 38.2 Å². The molecule has 0 bridgehead atoms. The molecule has 1 aliphatic rings. The molecule has 0 amide bonds. The zero-order valence-electron chi connectivity index (χ0n) is 13.6. The van der Waals surface area contributed by atoms with Gasteiger partial charge in [-0.2, -0.15) is 5.10 Å². The van der Waals surface area contributed by atoms with Gasteiger partial charge in [0.05, 0.1) is 23.4 Å². The number of halogens is 1. The normalized spacial score (nSPS) is 16.6. The molecular formula is C18H20BrN5. The smallest absolute Gasteiger partial charge is 0.0770 e. The van der Waals surface area contributed by atoms with Gasteiger partial charge in [-0.1, -0.05) is 15.9 Å². The molecule has 0 unspecified atom stereocenters. The van der Waals surface area contributed by atoms with Gasteiger partial charge in [0.15, 0.2) is 0 Å². The van der Waals surface area contributed by atoms with Crippen LogP contribution in [0.4, 0.5) is 11.4 Å². The number of nitrogens with zero attached hydrogens (tertiary/aromatic N) is 4. The Kier molecular flexibility index (Phi) is 4.24. The summed E-state index contributed by atoms with van der Waals surface area (Å²) in [5.74, 6) is 0. The molecule has 1 fully saturated rings. The average molecular weight is 386 g/mol. The fourth-order valence-corrected chi connectivity index (χ4v) is 3.61. The third-order valence-corrected chi connectivity index (χ3v) is 5.14. The van der Waals surface area contributed by atoms with Crippen LogP contribution in [0, 0.1) is 0 Å². The number of fused-ring (bicyclic) bond motifs is 1. The quantitative estimate of drug-likeness (QED) is 0.733. The minimum Gasteiger partial charge on any atom is -0.352 e. The SMILES string of the molecule is CN1CCC(n2cc(Nc3ccnc4ccc(Br)cc34)cn2)CC1. The van der Waals surface area contributed by atoms with Gasteiger partial charge in [0.2, 0.25) is 0 Å². The number of anilines is 2. The summed E-state index contributed by atoms with van der Waals surface area (Å²) in [6.45, 7) is 2.27. The Hall–Kier alpha value is -1.92. The second kappa shape index (κ2) is 6.53. The van der Waals surface area contributed by atoms with Gasteiger partial charge in [0, 0.05) is 27.9 Å². The standard InChI is InChI=1S/C18H20BrN5/c1-23-8-5-15(6-9-23)24-12-14(11-21-24)22-18-4-7-20-17-3-2-13(19)10-16(17)18/h2-4,7,10-12,15H,5-6,8-9H2,1H3,(H,20,22). The van der Waals surface area contributed by atoms with Crippen molar-refractivity contribution in [1.29, 1.82) is 0 Å². The number of pyridine rings is 1. The lowest BCUT2D eigenvalue weighted by Crippen LogP contribution is -2.31. The summed E-state index contributed by atoms with van der Waals surface area (Å²) in [5.41, 5.74) is 3.04. The van der Waals surface area contributed by atoms with Crippen LogP contribution in [0.2, 0.25) is 0 Å². The van der Waals surface area contributed by atoms with Crippen molar-refractivity contribution in [3.63, 3.8) is 0 Å². The van der Waals surface area contributed by atoms with Gasteiger partial charge in [-0.25, -0.2) is 0 Å². The lowest BCUT2D eigenvalue weighted by molar-refractivity contribution is 0.212. The maximum absolute atomic E-state index is 4.57. The summed E-state index contributed by atoms with van der Waals surface area (Å²) in [5, 5.41) is 9.15. The molecule has 0 radical (unpaired) electrons. The fourth-order valence-electron chi connectivity index (χ4n) is 3.24. The molecule has 24 heavy (non-hydrogen) atoms. The van der Waals surface area contributed by atoms with Crippen LogP contribution in [0.5, 0.6) is 0 Å². The summed E-state index contributed by atoms with van der Waals surface area (Å²) in [7, 11) is 2.18. The number of piperidine rings is 1. The van der Waals surface area contributed by atoms with Gasteiger partial charge in [0.1, 0.15) is 0 Å². The zero-order valence-corrected chi connectivity index (χ0v) is 15.2. The Balaban J connectivity index is 1.57. The second-order valence-corrected chi connectivity index (χ2v) is 7.30. The molecule has 4 rings (SSSR count). The van der Waals surface area contributed by atoms with Gasteiger partial charge < -0.3 is 10.2 Å². The topological polar surface area (TPSA) is 46.0 Å². The predicted molar refractivity (Wildman–Crippen MR) is 101 cm³/mol. The highest BCUT2D eigenvalue weighted by atomic mass is 79.9.